The van der Waals surface area contributed by atoms with E-state index < -0.39 is 17.9 Å². The number of hydrogen-bond donors (Lipinski definition) is 2. The van der Waals surface area contributed by atoms with Crippen LogP contribution in [-0.4, -0.2) is 46.9 Å². The molecule has 1 aromatic carbocycles. The summed E-state index contributed by atoms with van der Waals surface area (Å²) in [6.45, 7) is 1.31. The average Bonchev–Trinajstić information content (AvgIpc) is 3.12. The zero-order valence-electron chi connectivity index (χ0n) is 16.3. The number of hydrogen-bond acceptors (Lipinski definition) is 3. The SMILES string of the molecule is O=C(O)CC[C@@H](NC(=O)c1cc(Cl)cc(Cl)c1)C(=O)N1CCC2(CCCC2)CC1. The van der Waals surface area contributed by atoms with Crippen LogP contribution in [0.1, 0.15) is 61.7 Å². The number of benzene rings is 1. The molecule has 1 aliphatic carbocycles. The summed E-state index contributed by atoms with van der Waals surface area (Å²) in [5.41, 5.74) is 0.605. The third-order valence-electron chi connectivity index (χ3n) is 6.18. The molecule has 1 heterocycles. The molecule has 1 saturated heterocycles. The van der Waals surface area contributed by atoms with Gasteiger partial charge in [0.05, 0.1) is 0 Å². The standard InChI is InChI=1S/C21H26Cl2N2O4/c22-15-11-14(12-16(23)13-15)19(28)24-17(3-4-18(26)27)20(29)25-9-7-21(8-10-25)5-1-2-6-21/h11-13,17H,1-10H2,(H,24,28)(H,26,27)/t17-/m1/s1. The van der Waals surface area contributed by atoms with Gasteiger partial charge in [0.25, 0.3) is 5.91 Å². The Bertz CT molecular complexity index is 763. The van der Waals surface area contributed by atoms with Gasteiger partial charge in [-0.25, -0.2) is 0 Å². The topological polar surface area (TPSA) is 86.7 Å². The van der Waals surface area contributed by atoms with Crippen LogP contribution in [0.3, 0.4) is 0 Å². The first-order valence-electron chi connectivity index (χ1n) is 10.1. The minimum atomic E-state index is -1.01. The summed E-state index contributed by atoms with van der Waals surface area (Å²) in [6, 6.07) is 3.55. The first-order valence-corrected chi connectivity index (χ1v) is 10.8. The minimum Gasteiger partial charge on any atom is -0.481 e. The number of rotatable bonds is 6. The average molecular weight is 441 g/mol. The van der Waals surface area contributed by atoms with Gasteiger partial charge in [0.1, 0.15) is 6.04 Å². The van der Waals surface area contributed by atoms with Crippen LogP contribution in [0, 0.1) is 5.41 Å². The third kappa shape index (κ3) is 5.64. The van der Waals surface area contributed by atoms with Gasteiger partial charge in [-0.1, -0.05) is 36.0 Å². The lowest BCUT2D eigenvalue weighted by Crippen LogP contribution is -2.52. The van der Waals surface area contributed by atoms with Crippen molar-refractivity contribution in [2.24, 2.45) is 5.41 Å². The van der Waals surface area contributed by atoms with E-state index in [0.29, 0.717) is 28.5 Å². The van der Waals surface area contributed by atoms with Crippen molar-refractivity contribution in [1.82, 2.24) is 10.2 Å². The Kier molecular flexibility index (Phi) is 7.06. The highest BCUT2D eigenvalue weighted by molar-refractivity contribution is 6.35. The molecule has 1 saturated carbocycles. The lowest BCUT2D eigenvalue weighted by Gasteiger charge is -2.40. The van der Waals surface area contributed by atoms with Crippen molar-refractivity contribution < 1.29 is 19.5 Å². The fraction of sp³-hybridized carbons (Fsp3) is 0.571. The molecular formula is C21H26Cl2N2O4. The van der Waals surface area contributed by atoms with Crippen molar-refractivity contribution in [3.05, 3.63) is 33.8 Å². The summed E-state index contributed by atoms with van der Waals surface area (Å²) < 4.78 is 0. The van der Waals surface area contributed by atoms with Crippen LogP contribution in [0.4, 0.5) is 0 Å². The van der Waals surface area contributed by atoms with E-state index in [2.05, 4.69) is 5.32 Å². The fourth-order valence-electron chi connectivity index (χ4n) is 4.50. The normalized spacial score (nSPS) is 19.2. The second-order valence-corrected chi connectivity index (χ2v) is 9.02. The maximum Gasteiger partial charge on any atom is 0.303 e. The van der Waals surface area contributed by atoms with E-state index in [1.54, 1.807) is 4.90 Å². The Hall–Kier alpha value is -1.79. The summed E-state index contributed by atoms with van der Waals surface area (Å²) in [4.78, 5) is 38.5. The lowest BCUT2D eigenvalue weighted by molar-refractivity contribution is -0.138. The molecular weight excluding hydrogens is 415 g/mol. The van der Waals surface area contributed by atoms with Gasteiger partial charge < -0.3 is 15.3 Å². The van der Waals surface area contributed by atoms with E-state index in [1.165, 1.54) is 43.9 Å². The molecule has 2 N–H and O–H groups in total. The predicted octanol–water partition coefficient (Wildman–Crippen LogP) is 4.14. The van der Waals surface area contributed by atoms with Crippen LogP contribution in [0.25, 0.3) is 0 Å². The van der Waals surface area contributed by atoms with Gasteiger partial charge in [-0.3, -0.25) is 14.4 Å². The second-order valence-electron chi connectivity index (χ2n) is 8.15. The van der Waals surface area contributed by atoms with Crippen LogP contribution in [0.15, 0.2) is 18.2 Å². The second kappa shape index (κ2) is 9.35. The van der Waals surface area contributed by atoms with Crippen molar-refractivity contribution in [1.29, 1.82) is 0 Å². The number of aliphatic carboxylic acids is 1. The Morgan fingerprint density at radius 2 is 1.62 bits per heavy atom. The minimum absolute atomic E-state index is 0.0375. The third-order valence-corrected chi connectivity index (χ3v) is 6.61. The number of likely N-dealkylation sites (tertiary alicyclic amines) is 1. The van der Waals surface area contributed by atoms with Crippen LogP contribution in [0.5, 0.6) is 0 Å². The van der Waals surface area contributed by atoms with E-state index >= 15 is 0 Å². The number of carboxylic acid groups (broad SMARTS) is 1. The van der Waals surface area contributed by atoms with Gasteiger partial charge in [0.2, 0.25) is 5.91 Å². The molecule has 2 amide bonds. The summed E-state index contributed by atoms with van der Waals surface area (Å²) in [7, 11) is 0. The molecule has 0 radical (unpaired) electrons. The molecule has 6 nitrogen and oxygen atoms in total. The monoisotopic (exact) mass is 440 g/mol. The molecule has 2 aliphatic rings. The van der Waals surface area contributed by atoms with Gasteiger partial charge in [0, 0.05) is 35.1 Å². The number of carboxylic acids is 1. The fourth-order valence-corrected chi connectivity index (χ4v) is 5.02. The van der Waals surface area contributed by atoms with Crippen molar-refractivity contribution in [2.75, 3.05) is 13.1 Å². The number of amides is 2. The molecule has 158 valence electrons. The molecule has 1 spiro atoms. The van der Waals surface area contributed by atoms with Crippen molar-refractivity contribution in [3.63, 3.8) is 0 Å². The van der Waals surface area contributed by atoms with Gasteiger partial charge in [-0.2, -0.15) is 0 Å². The molecule has 1 aromatic rings. The lowest BCUT2D eigenvalue weighted by atomic mass is 9.77. The molecule has 1 atom stereocenters. The molecule has 29 heavy (non-hydrogen) atoms. The zero-order chi connectivity index (χ0) is 21.0. The van der Waals surface area contributed by atoms with E-state index in [4.69, 9.17) is 28.3 Å². The Balaban J connectivity index is 1.68. The summed E-state index contributed by atoms with van der Waals surface area (Å²) in [5.74, 6) is -1.73. The first-order chi connectivity index (χ1) is 13.8. The number of carbonyl (C=O) groups excluding carboxylic acids is 2. The van der Waals surface area contributed by atoms with Crippen LogP contribution < -0.4 is 5.32 Å². The van der Waals surface area contributed by atoms with Gasteiger partial charge >= 0.3 is 5.97 Å². The molecule has 0 unspecified atom stereocenters. The van der Waals surface area contributed by atoms with Gasteiger partial charge in [0.15, 0.2) is 0 Å². The molecule has 3 rings (SSSR count). The maximum absolute atomic E-state index is 13.1. The first kappa shape index (κ1) is 21.9. The van der Waals surface area contributed by atoms with Crippen molar-refractivity contribution in [2.45, 2.75) is 57.4 Å². The van der Waals surface area contributed by atoms with E-state index in [1.807, 2.05) is 0 Å². The maximum atomic E-state index is 13.1. The zero-order valence-corrected chi connectivity index (χ0v) is 17.8. The number of nitrogens with one attached hydrogen (secondary N) is 1. The smallest absolute Gasteiger partial charge is 0.303 e. The van der Waals surface area contributed by atoms with Crippen molar-refractivity contribution in [3.8, 4) is 0 Å². The summed E-state index contributed by atoms with van der Waals surface area (Å²) >= 11 is 11.9. The van der Waals surface area contributed by atoms with Crippen molar-refractivity contribution >= 4 is 41.0 Å². The highest BCUT2D eigenvalue weighted by Gasteiger charge is 2.39. The quantitative estimate of drug-likeness (QED) is 0.695. The largest absolute Gasteiger partial charge is 0.481 e. The Labute approximate surface area is 180 Å². The molecule has 0 bridgehead atoms. The number of nitrogens with zero attached hydrogens (tertiary/aromatic N) is 1. The number of halogens is 2. The predicted molar refractivity (Wildman–Crippen MR) is 111 cm³/mol. The number of carbonyl (C=O) groups is 3. The number of piperidine rings is 1. The van der Waals surface area contributed by atoms with Crippen LogP contribution in [-0.2, 0) is 9.59 Å². The van der Waals surface area contributed by atoms with Crippen LogP contribution in [0.2, 0.25) is 10.0 Å². The van der Waals surface area contributed by atoms with Crippen LogP contribution >= 0.6 is 23.2 Å². The van der Waals surface area contributed by atoms with E-state index in [0.717, 1.165) is 12.8 Å². The van der Waals surface area contributed by atoms with E-state index in [-0.39, 0.29) is 24.3 Å². The molecule has 1 aliphatic heterocycles. The highest BCUT2D eigenvalue weighted by atomic mass is 35.5. The Morgan fingerprint density at radius 1 is 1.03 bits per heavy atom. The molecule has 2 fully saturated rings. The molecule has 8 heteroatoms. The highest BCUT2D eigenvalue weighted by Crippen LogP contribution is 2.46. The van der Waals surface area contributed by atoms with Gasteiger partial charge in [-0.15, -0.1) is 0 Å². The summed E-state index contributed by atoms with van der Waals surface area (Å²) in [6.07, 6.45) is 6.75. The van der Waals surface area contributed by atoms with Gasteiger partial charge in [-0.05, 0) is 55.7 Å². The van der Waals surface area contributed by atoms with E-state index in [9.17, 15) is 14.4 Å². The summed E-state index contributed by atoms with van der Waals surface area (Å²) in [5, 5.41) is 12.4. The Morgan fingerprint density at radius 3 is 2.17 bits per heavy atom. The molecule has 0 aromatic heterocycles.